The average Bonchev–Trinajstić information content (AvgIpc) is 2.44. The molecule has 2 rings (SSSR count). The lowest BCUT2D eigenvalue weighted by Crippen LogP contribution is -2.34. The zero-order valence-corrected chi connectivity index (χ0v) is 13.5. The van der Waals surface area contributed by atoms with Crippen molar-refractivity contribution < 1.29 is 4.74 Å². The van der Waals surface area contributed by atoms with E-state index >= 15 is 0 Å². The van der Waals surface area contributed by atoms with Crippen molar-refractivity contribution in [3.63, 3.8) is 0 Å². The van der Waals surface area contributed by atoms with E-state index in [2.05, 4.69) is 10.3 Å². The highest BCUT2D eigenvalue weighted by atomic mass is 32.1. The highest BCUT2D eigenvalue weighted by molar-refractivity contribution is 7.80. The van der Waals surface area contributed by atoms with E-state index in [0.717, 1.165) is 16.5 Å². The number of para-hydroxylation sites is 1. The summed E-state index contributed by atoms with van der Waals surface area (Å²) in [6.45, 7) is 7.34. The second kappa shape index (κ2) is 6.37. The summed E-state index contributed by atoms with van der Waals surface area (Å²) in [4.78, 5) is 4.96. The average molecular weight is 303 g/mol. The van der Waals surface area contributed by atoms with Gasteiger partial charge in [-0.25, -0.2) is 4.98 Å². The van der Waals surface area contributed by atoms with E-state index in [1.807, 2.05) is 51.1 Å². The quantitative estimate of drug-likeness (QED) is 0.803. The number of fused-ring (bicyclic) bond motifs is 1. The molecule has 0 aliphatic heterocycles. The summed E-state index contributed by atoms with van der Waals surface area (Å²) in [6.07, 6.45) is 0. The van der Waals surface area contributed by atoms with Crippen molar-refractivity contribution in [2.24, 2.45) is 5.73 Å². The molecule has 0 saturated carbocycles. The van der Waals surface area contributed by atoms with E-state index in [-0.39, 0.29) is 5.60 Å². The first-order valence-corrected chi connectivity index (χ1v) is 7.41. The highest BCUT2D eigenvalue weighted by Gasteiger charge is 2.19. The van der Waals surface area contributed by atoms with Gasteiger partial charge >= 0.3 is 0 Å². The number of pyridine rings is 1. The minimum Gasteiger partial charge on any atom is -0.389 e. The van der Waals surface area contributed by atoms with Gasteiger partial charge in [-0.15, -0.1) is 0 Å². The van der Waals surface area contributed by atoms with Crippen LogP contribution in [-0.4, -0.2) is 28.7 Å². The fourth-order valence-corrected chi connectivity index (χ4v) is 2.33. The summed E-state index contributed by atoms with van der Waals surface area (Å²) in [5, 5.41) is 4.33. The van der Waals surface area contributed by atoms with Crippen molar-refractivity contribution in [2.75, 3.05) is 18.5 Å². The number of benzene rings is 1. The first kappa shape index (κ1) is 15.7. The summed E-state index contributed by atoms with van der Waals surface area (Å²) in [6, 6.07) is 9.87. The highest BCUT2D eigenvalue weighted by Crippen LogP contribution is 2.21. The first-order chi connectivity index (χ1) is 9.93. The topological polar surface area (TPSA) is 60.2 Å². The summed E-state index contributed by atoms with van der Waals surface area (Å²) in [5.74, 6) is 0.703. The fourth-order valence-electron chi connectivity index (χ4n) is 2.18. The van der Waals surface area contributed by atoms with Crippen LogP contribution in [0, 0.1) is 0 Å². The molecule has 1 heterocycles. The first-order valence-electron chi connectivity index (χ1n) is 7.00. The van der Waals surface area contributed by atoms with E-state index in [4.69, 9.17) is 22.7 Å². The van der Waals surface area contributed by atoms with E-state index in [9.17, 15) is 0 Å². The van der Waals surface area contributed by atoms with Gasteiger partial charge in [-0.05, 0) is 32.9 Å². The third-order valence-electron chi connectivity index (χ3n) is 3.21. The monoisotopic (exact) mass is 303 g/mol. The Hall–Kier alpha value is -1.72. The van der Waals surface area contributed by atoms with Crippen LogP contribution in [0.5, 0.6) is 0 Å². The molecule has 0 aliphatic carbocycles. The lowest BCUT2D eigenvalue weighted by molar-refractivity contribution is 0.000645. The van der Waals surface area contributed by atoms with Crippen LogP contribution in [-0.2, 0) is 4.74 Å². The van der Waals surface area contributed by atoms with Crippen LogP contribution >= 0.6 is 12.2 Å². The molecule has 0 amide bonds. The van der Waals surface area contributed by atoms with Gasteiger partial charge in [-0.1, -0.05) is 30.4 Å². The minimum absolute atomic E-state index is 0.282. The molecule has 0 aliphatic rings. The molecule has 1 aromatic heterocycles. The van der Waals surface area contributed by atoms with Gasteiger partial charge in [0.1, 0.15) is 10.8 Å². The molecule has 112 valence electrons. The second-order valence-electron chi connectivity index (χ2n) is 5.49. The molecule has 0 saturated heterocycles. The smallest absolute Gasteiger partial charge is 0.137 e. The van der Waals surface area contributed by atoms with Crippen molar-refractivity contribution in [1.82, 2.24) is 4.98 Å². The van der Waals surface area contributed by atoms with Gasteiger partial charge in [0.15, 0.2) is 0 Å². The van der Waals surface area contributed by atoms with Crippen LogP contribution in [0.25, 0.3) is 10.9 Å². The Morgan fingerprint density at radius 2 is 2.10 bits per heavy atom. The Balaban J connectivity index is 2.33. The second-order valence-corrected chi connectivity index (χ2v) is 5.93. The number of hydrogen-bond donors (Lipinski definition) is 2. The predicted molar refractivity (Wildman–Crippen MR) is 91.8 cm³/mol. The Kier molecular flexibility index (Phi) is 4.75. The van der Waals surface area contributed by atoms with Gasteiger partial charge in [-0.2, -0.15) is 0 Å². The molecule has 4 nitrogen and oxygen atoms in total. The molecule has 5 heteroatoms. The number of ether oxygens (including phenoxy) is 1. The molecular formula is C16H21N3OS. The van der Waals surface area contributed by atoms with Crippen LogP contribution in [0.1, 0.15) is 26.3 Å². The van der Waals surface area contributed by atoms with Crippen LogP contribution in [0.3, 0.4) is 0 Å². The van der Waals surface area contributed by atoms with E-state index in [1.165, 1.54) is 0 Å². The van der Waals surface area contributed by atoms with Crippen molar-refractivity contribution in [3.8, 4) is 0 Å². The Morgan fingerprint density at radius 3 is 2.76 bits per heavy atom. The lowest BCUT2D eigenvalue weighted by atomic mass is 10.1. The van der Waals surface area contributed by atoms with Gasteiger partial charge in [0, 0.05) is 18.5 Å². The van der Waals surface area contributed by atoms with Crippen molar-refractivity contribution in [1.29, 1.82) is 0 Å². The molecule has 0 unspecified atom stereocenters. The van der Waals surface area contributed by atoms with Gasteiger partial charge in [0.2, 0.25) is 0 Å². The Bertz CT molecular complexity index is 655. The van der Waals surface area contributed by atoms with Crippen molar-refractivity contribution in [2.45, 2.75) is 26.4 Å². The molecule has 0 spiro atoms. The van der Waals surface area contributed by atoms with Crippen LogP contribution in [0.4, 0.5) is 5.82 Å². The van der Waals surface area contributed by atoms with Gasteiger partial charge < -0.3 is 15.8 Å². The molecular weight excluding hydrogens is 282 g/mol. The number of aromatic nitrogens is 1. The largest absolute Gasteiger partial charge is 0.389 e. The Labute approximate surface area is 130 Å². The molecule has 0 bridgehead atoms. The maximum absolute atomic E-state index is 5.82. The maximum atomic E-state index is 5.82. The predicted octanol–water partition coefficient (Wildman–Crippen LogP) is 3.10. The Morgan fingerprint density at radius 1 is 1.38 bits per heavy atom. The van der Waals surface area contributed by atoms with Crippen molar-refractivity contribution in [3.05, 3.63) is 35.9 Å². The fraction of sp³-hybridized carbons (Fsp3) is 0.375. The minimum atomic E-state index is -0.282. The van der Waals surface area contributed by atoms with Crippen LogP contribution < -0.4 is 11.1 Å². The number of nitrogens with zero attached hydrogens (tertiary/aromatic N) is 1. The van der Waals surface area contributed by atoms with Crippen LogP contribution in [0.15, 0.2) is 30.3 Å². The molecule has 0 atom stereocenters. The number of thiocarbonyl (C=S) groups is 1. The lowest BCUT2D eigenvalue weighted by Gasteiger charge is -2.25. The number of rotatable bonds is 6. The van der Waals surface area contributed by atoms with E-state index in [1.54, 1.807) is 0 Å². The SMILES string of the molecule is CCOC(C)(C)CNc1nc2ccccc2cc1C(N)=S. The number of anilines is 1. The van der Waals surface area contributed by atoms with Gasteiger partial charge in [-0.3, -0.25) is 0 Å². The third kappa shape index (κ3) is 3.89. The number of hydrogen-bond acceptors (Lipinski definition) is 4. The van der Waals surface area contributed by atoms with Crippen LogP contribution in [0.2, 0.25) is 0 Å². The zero-order valence-electron chi connectivity index (χ0n) is 12.6. The third-order valence-corrected chi connectivity index (χ3v) is 3.43. The molecule has 0 fully saturated rings. The molecule has 0 radical (unpaired) electrons. The summed E-state index contributed by atoms with van der Waals surface area (Å²) >= 11 is 5.14. The normalized spacial score (nSPS) is 11.6. The molecule has 2 aromatic rings. The maximum Gasteiger partial charge on any atom is 0.137 e. The van der Waals surface area contributed by atoms with E-state index < -0.39 is 0 Å². The summed E-state index contributed by atoms with van der Waals surface area (Å²) < 4.78 is 5.68. The molecule has 21 heavy (non-hydrogen) atoms. The summed E-state index contributed by atoms with van der Waals surface area (Å²) in [5.41, 5.74) is 7.21. The van der Waals surface area contributed by atoms with Gasteiger partial charge in [0.25, 0.3) is 0 Å². The number of nitrogens with one attached hydrogen (secondary N) is 1. The van der Waals surface area contributed by atoms with Crippen molar-refractivity contribution >= 4 is 33.9 Å². The zero-order chi connectivity index (χ0) is 15.5. The standard InChI is InChI=1S/C16H21N3OS/c1-4-20-16(2,3)10-18-15-12(14(17)21)9-11-7-5-6-8-13(11)19-15/h5-9H,4,10H2,1-3H3,(H2,17,21)(H,18,19). The number of nitrogens with two attached hydrogens (primary N) is 1. The van der Waals surface area contributed by atoms with Gasteiger partial charge in [0.05, 0.1) is 16.7 Å². The van der Waals surface area contributed by atoms with E-state index in [0.29, 0.717) is 24.0 Å². The summed E-state index contributed by atoms with van der Waals surface area (Å²) in [7, 11) is 0. The molecule has 1 aromatic carbocycles. The molecule has 3 N–H and O–H groups in total.